The third kappa shape index (κ3) is 60.0. The Hall–Kier alpha value is -2.89. The average molecular weight is 1040 g/mol. The molecular weight excluding hydrogens is 913 g/mol. The number of ether oxygens (including phenoxy) is 3. The summed E-state index contributed by atoms with van der Waals surface area (Å²) >= 11 is 0. The van der Waals surface area contributed by atoms with Crippen LogP contribution in [0, 0.1) is 0 Å². The lowest BCUT2D eigenvalue weighted by atomic mass is 10.0. The fourth-order valence-corrected chi connectivity index (χ4v) is 9.43. The first-order chi connectivity index (χ1) is 36.5. The highest BCUT2D eigenvalue weighted by Gasteiger charge is 2.19. The molecule has 0 bridgehead atoms. The molecule has 430 valence electrons. The second kappa shape index (κ2) is 62.6. The molecule has 74 heavy (non-hydrogen) atoms. The van der Waals surface area contributed by atoms with E-state index in [0.29, 0.717) is 19.3 Å². The van der Waals surface area contributed by atoms with Crippen LogP contribution in [0.5, 0.6) is 0 Å². The first-order valence-electron chi connectivity index (χ1n) is 32.3. The molecule has 6 heteroatoms. The zero-order valence-electron chi connectivity index (χ0n) is 49.4. The Morgan fingerprint density at radius 2 is 0.527 bits per heavy atom. The number of carbonyl (C=O) groups is 3. The minimum Gasteiger partial charge on any atom is -0.462 e. The molecule has 6 nitrogen and oxygen atoms in total. The summed E-state index contributed by atoms with van der Waals surface area (Å²) in [6, 6.07) is 0. The summed E-state index contributed by atoms with van der Waals surface area (Å²) < 4.78 is 16.9. The average Bonchev–Trinajstić information content (AvgIpc) is 3.40. The van der Waals surface area contributed by atoms with Gasteiger partial charge in [0.1, 0.15) is 13.2 Å². The van der Waals surface area contributed by atoms with Gasteiger partial charge in [-0.15, -0.1) is 0 Å². The Balaban J connectivity index is 4.30. The Morgan fingerprint density at radius 1 is 0.284 bits per heavy atom. The van der Waals surface area contributed by atoms with Crippen LogP contribution in [0.25, 0.3) is 0 Å². The molecule has 0 amide bonds. The number of hydrogen-bond acceptors (Lipinski definition) is 6. The van der Waals surface area contributed by atoms with Crippen molar-refractivity contribution in [1.82, 2.24) is 0 Å². The van der Waals surface area contributed by atoms with Crippen LogP contribution in [0.1, 0.15) is 335 Å². The number of allylic oxidation sites excluding steroid dienone is 10. The van der Waals surface area contributed by atoms with E-state index < -0.39 is 6.10 Å². The van der Waals surface area contributed by atoms with Crippen LogP contribution in [0.15, 0.2) is 60.8 Å². The van der Waals surface area contributed by atoms with E-state index in [2.05, 4.69) is 81.5 Å². The van der Waals surface area contributed by atoms with Crippen LogP contribution in [0.2, 0.25) is 0 Å². The fraction of sp³-hybridized carbons (Fsp3) is 0.809. The van der Waals surface area contributed by atoms with Gasteiger partial charge in [0.05, 0.1) is 0 Å². The lowest BCUT2D eigenvalue weighted by Gasteiger charge is -2.18. The molecule has 0 saturated carbocycles. The van der Waals surface area contributed by atoms with Gasteiger partial charge >= 0.3 is 17.9 Å². The molecule has 0 aromatic rings. The predicted octanol–water partition coefficient (Wildman–Crippen LogP) is 21.9. The fourth-order valence-electron chi connectivity index (χ4n) is 9.43. The van der Waals surface area contributed by atoms with E-state index in [9.17, 15) is 14.4 Å². The highest BCUT2D eigenvalue weighted by molar-refractivity contribution is 5.71. The van der Waals surface area contributed by atoms with E-state index >= 15 is 0 Å². The molecule has 0 aliphatic carbocycles. The second-order valence-electron chi connectivity index (χ2n) is 21.6. The van der Waals surface area contributed by atoms with Crippen molar-refractivity contribution in [3.63, 3.8) is 0 Å². The Morgan fingerprint density at radius 3 is 0.851 bits per heavy atom. The highest BCUT2D eigenvalue weighted by atomic mass is 16.6. The second-order valence-corrected chi connectivity index (χ2v) is 21.6. The molecule has 0 saturated heterocycles. The number of rotatable bonds is 59. The van der Waals surface area contributed by atoms with Crippen LogP contribution in [0.4, 0.5) is 0 Å². The maximum atomic E-state index is 12.9. The van der Waals surface area contributed by atoms with Gasteiger partial charge in [0.25, 0.3) is 0 Å². The van der Waals surface area contributed by atoms with Gasteiger partial charge in [0.2, 0.25) is 0 Å². The van der Waals surface area contributed by atoms with Crippen molar-refractivity contribution < 1.29 is 28.6 Å². The largest absolute Gasteiger partial charge is 0.462 e. The third-order valence-corrected chi connectivity index (χ3v) is 14.3. The van der Waals surface area contributed by atoms with Crippen LogP contribution in [-0.2, 0) is 28.6 Å². The molecule has 0 aromatic carbocycles. The van der Waals surface area contributed by atoms with E-state index in [1.165, 1.54) is 193 Å². The normalized spacial score (nSPS) is 12.4. The van der Waals surface area contributed by atoms with Crippen molar-refractivity contribution in [3.8, 4) is 0 Å². The Labute approximate surface area is 460 Å². The molecule has 0 spiro atoms. The molecule has 0 radical (unpaired) electrons. The summed E-state index contributed by atoms with van der Waals surface area (Å²) in [5, 5.41) is 0. The predicted molar refractivity (Wildman–Crippen MR) is 321 cm³/mol. The first-order valence-corrected chi connectivity index (χ1v) is 32.3. The molecule has 0 N–H and O–H groups in total. The van der Waals surface area contributed by atoms with Crippen LogP contribution in [0.3, 0.4) is 0 Å². The monoisotopic (exact) mass is 1030 g/mol. The van der Waals surface area contributed by atoms with Gasteiger partial charge in [-0.1, -0.05) is 293 Å². The quantitative estimate of drug-likeness (QED) is 0.0261. The Bertz CT molecular complexity index is 1330. The standard InChI is InChI=1S/C68H122O6/c1-4-7-10-13-16-19-22-25-28-30-31-32-33-34-35-36-38-40-43-46-49-52-55-58-61-67(70)73-64-65(63-72-66(69)60-57-54-51-48-45-42-39-27-24-21-18-15-12-9-6-3)74-68(71)62-59-56-53-50-47-44-41-37-29-26-23-20-17-14-11-8-5-2/h8,11,17-18,20-21,26-27,29,39,65H,4-7,9-10,12-16,19,22-25,28,30-38,40-64H2,1-3H3/b11-8-,20-17-,21-18-,29-26-,39-27-. The van der Waals surface area contributed by atoms with Crippen molar-refractivity contribution >= 4 is 17.9 Å². The van der Waals surface area contributed by atoms with E-state index in [0.717, 1.165) is 103 Å². The van der Waals surface area contributed by atoms with Gasteiger partial charge in [-0.05, 0) is 83.5 Å². The van der Waals surface area contributed by atoms with Gasteiger partial charge in [0, 0.05) is 19.3 Å². The summed E-state index contributed by atoms with van der Waals surface area (Å²) in [6.07, 6.45) is 79.5. The first kappa shape index (κ1) is 71.1. The Kier molecular flexibility index (Phi) is 60.2. The number of carbonyl (C=O) groups excluding carboxylic acids is 3. The molecule has 1 atom stereocenters. The van der Waals surface area contributed by atoms with Gasteiger partial charge in [-0.2, -0.15) is 0 Å². The summed E-state index contributed by atoms with van der Waals surface area (Å²) in [5.41, 5.74) is 0. The van der Waals surface area contributed by atoms with Gasteiger partial charge in [-0.3, -0.25) is 14.4 Å². The summed E-state index contributed by atoms with van der Waals surface area (Å²) in [6.45, 7) is 6.53. The smallest absolute Gasteiger partial charge is 0.306 e. The molecule has 0 aliphatic heterocycles. The highest BCUT2D eigenvalue weighted by Crippen LogP contribution is 2.17. The van der Waals surface area contributed by atoms with Gasteiger partial charge in [-0.25, -0.2) is 0 Å². The SMILES string of the molecule is CC/C=C\C/C=C\C/C=C\CCCCCCCCCC(=O)OC(COC(=O)CCCCCCC/C=C\C/C=C\CCCCC)COC(=O)CCCCCCCCCCCCCCCCCCCCCCCCCC. The van der Waals surface area contributed by atoms with E-state index in [-0.39, 0.29) is 31.1 Å². The van der Waals surface area contributed by atoms with Crippen LogP contribution < -0.4 is 0 Å². The van der Waals surface area contributed by atoms with Gasteiger partial charge < -0.3 is 14.2 Å². The lowest BCUT2D eigenvalue weighted by Crippen LogP contribution is -2.30. The van der Waals surface area contributed by atoms with Crippen molar-refractivity contribution in [1.29, 1.82) is 0 Å². The van der Waals surface area contributed by atoms with Crippen molar-refractivity contribution in [2.75, 3.05) is 13.2 Å². The van der Waals surface area contributed by atoms with E-state index in [1.807, 2.05) is 0 Å². The van der Waals surface area contributed by atoms with Crippen LogP contribution >= 0.6 is 0 Å². The van der Waals surface area contributed by atoms with Crippen molar-refractivity contribution in [2.45, 2.75) is 341 Å². The minimum atomic E-state index is -0.785. The van der Waals surface area contributed by atoms with E-state index in [1.54, 1.807) is 0 Å². The number of unbranched alkanes of at least 4 members (excludes halogenated alkanes) is 38. The molecule has 0 aliphatic rings. The molecule has 0 fully saturated rings. The zero-order valence-corrected chi connectivity index (χ0v) is 49.4. The number of hydrogen-bond donors (Lipinski definition) is 0. The molecule has 1 unspecified atom stereocenters. The molecule has 0 rings (SSSR count). The minimum absolute atomic E-state index is 0.0799. The summed E-state index contributed by atoms with van der Waals surface area (Å²) in [7, 11) is 0. The zero-order chi connectivity index (χ0) is 53.6. The van der Waals surface area contributed by atoms with E-state index in [4.69, 9.17) is 14.2 Å². The topological polar surface area (TPSA) is 78.9 Å². The molecular formula is C68H122O6. The molecule has 0 heterocycles. The van der Waals surface area contributed by atoms with Gasteiger partial charge in [0.15, 0.2) is 6.10 Å². The third-order valence-electron chi connectivity index (χ3n) is 14.3. The lowest BCUT2D eigenvalue weighted by molar-refractivity contribution is -0.167. The van der Waals surface area contributed by atoms with Crippen molar-refractivity contribution in [3.05, 3.63) is 60.8 Å². The molecule has 0 aromatic heterocycles. The summed E-state index contributed by atoms with van der Waals surface area (Å²) in [4.78, 5) is 38.3. The van der Waals surface area contributed by atoms with Crippen LogP contribution in [-0.4, -0.2) is 37.2 Å². The van der Waals surface area contributed by atoms with Crippen molar-refractivity contribution in [2.24, 2.45) is 0 Å². The summed E-state index contributed by atoms with van der Waals surface area (Å²) in [5.74, 6) is -0.886. The number of esters is 3. The maximum Gasteiger partial charge on any atom is 0.306 e. The maximum absolute atomic E-state index is 12.9.